The zero-order valence-corrected chi connectivity index (χ0v) is 16.2. The quantitative estimate of drug-likeness (QED) is 0.663. The van der Waals surface area contributed by atoms with Gasteiger partial charge < -0.3 is 20.1 Å². The first kappa shape index (κ1) is 18.5. The van der Waals surface area contributed by atoms with Crippen molar-refractivity contribution in [2.75, 3.05) is 25.7 Å². The Morgan fingerprint density at radius 3 is 2.45 bits per heavy atom. The Balaban J connectivity index is 1.64. The number of rotatable bonds is 6. The largest absolute Gasteiger partial charge is 0.497 e. The lowest BCUT2D eigenvalue weighted by molar-refractivity contribution is -0.112. The second kappa shape index (κ2) is 7.67. The zero-order valence-electron chi connectivity index (χ0n) is 16.2. The summed E-state index contributed by atoms with van der Waals surface area (Å²) in [7, 11) is 3.14. The maximum atomic E-state index is 12.7. The lowest BCUT2D eigenvalue weighted by Gasteiger charge is -2.20. The summed E-state index contributed by atoms with van der Waals surface area (Å²) in [6.45, 7) is 0.103. The van der Waals surface area contributed by atoms with E-state index < -0.39 is 0 Å². The van der Waals surface area contributed by atoms with Crippen molar-refractivity contribution in [3.05, 3.63) is 71.6 Å². The number of carbonyl (C=O) groups is 1. The predicted octanol–water partition coefficient (Wildman–Crippen LogP) is 2.13. The Hall–Kier alpha value is -3.81. The molecule has 0 saturated carbocycles. The number of hydrogen-bond acceptors (Lipinski definition) is 7. The molecule has 3 aromatic rings. The first-order valence-corrected chi connectivity index (χ1v) is 9.08. The van der Waals surface area contributed by atoms with E-state index in [1.54, 1.807) is 37.3 Å². The van der Waals surface area contributed by atoms with Crippen LogP contribution in [0.15, 0.2) is 54.4 Å². The standard InChI is InChI=1S/C21H21N5O3/c1-28-15-9-14(10-16(11-15)29-2)26-12-17(27)19(20(26)22)21-23-18(24-25-21)8-13-6-4-3-5-7-13/h3-7,9-11H,8,12,22H2,1-2H3,(H,23,24,25). The van der Waals surface area contributed by atoms with Crippen molar-refractivity contribution in [3.8, 4) is 11.5 Å². The number of H-pyrrole nitrogens is 1. The van der Waals surface area contributed by atoms with Crippen LogP contribution in [-0.2, 0) is 11.2 Å². The molecule has 1 aliphatic rings. The highest BCUT2D eigenvalue weighted by Gasteiger charge is 2.32. The van der Waals surface area contributed by atoms with Crippen molar-refractivity contribution in [2.45, 2.75) is 6.42 Å². The van der Waals surface area contributed by atoms with Crippen molar-refractivity contribution < 1.29 is 14.3 Å². The normalized spacial score (nSPS) is 13.9. The number of nitrogens with two attached hydrogens (primary N) is 1. The summed E-state index contributed by atoms with van der Waals surface area (Å²) in [6.07, 6.45) is 0.565. The van der Waals surface area contributed by atoms with Crippen LogP contribution >= 0.6 is 0 Å². The molecule has 3 N–H and O–H groups in total. The number of ether oxygens (including phenoxy) is 2. The number of Topliss-reactive ketones (excluding diaryl/α,β-unsaturated/α-hetero) is 1. The van der Waals surface area contributed by atoms with Gasteiger partial charge in [0.2, 0.25) is 0 Å². The Morgan fingerprint density at radius 1 is 1.10 bits per heavy atom. The first-order valence-electron chi connectivity index (χ1n) is 9.08. The minimum atomic E-state index is -0.133. The van der Waals surface area contributed by atoms with Crippen molar-refractivity contribution in [1.29, 1.82) is 0 Å². The topological polar surface area (TPSA) is 106 Å². The zero-order chi connectivity index (χ0) is 20.4. The van der Waals surface area contributed by atoms with Gasteiger partial charge in [0.1, 0.15) is 22.9 Å². The molecule has 0 saturated heterocycles. The number of nitrogens with one attached hydrogen (secondary N) is 1. The summed E-state index contributed by atoms with van der Waals surface area (Å²) >= 11 is 0. The second-order valence-electron chi connectivity index (χ2n) is 6.60. The molecule has 4 rings (SSSR count). The summed E-state index contributed by atoms with van der Waals surface area (Å²) in [5.41, 5.74) is 8.46. The summed E-state index contributed by atoms with van der Waals surface area (Å²) in [4.78, 5) is 18.9. The Morgan fingerprint density at radius 2 is 1.79 bits per heavy atom. The average molecular weight is 391 g/mol. The van der Waals surface area contributed by atoms with Crippen molar-refractivity contribution in [2.24, 2.45) is 5.73 Å². The molecule has 0 amide bonds. The van der Waals surface area contributed by atoms with Gasteiger partial charge in [-0.1, -0.05) is 30.3 Å². The Labute approximate surface area is 168 Å². The van der Waals surface area contributed by atoms with E-state index in [2.05, 4.69) is 15.2 Å². The van der Waals surface area contributed by atoms with Crippen molar-refractivity contribution >= 4 is 17.0 Å². The molecule has 0 fully saturated rings. The molecule has 2 heterocycles. The molecule has 0 spiro atoms. The summed E-state index contributed by atoms with van der Waals surface area (Å²) in [5.74, 6) is 2.37. The Kier molecular flexibility index (Phi) is 4.90. The molecule has 1 aliphatic heterocycles. The minimum Gasteiger partial charge on any atom is -0.497 e. The van der Waals surface area contributed by atoms with E-state index in [1.165, 1.54) is 0 Å². The van der Waals surface area contributed by atoms with Crippen LogP contribution in [0.4, 0.5) is 5.69 Å². The number of ketones is 1. The molecular weight excluding hydrogens is 370 g/mol. The lowest BCUT2D eigenvalue weighted by atomic mass is 10.1. The predicted molar refractivity (Wildman–Crippen MR) is 109 cm³/mol. The molecule has 0 bridgehead atoms. The summed E-state index contributed by atoms with van der Waals surface area (Å²) in [6, 6.07) is 15.2. The van der Waals surface area contributed by atoms with Gasteiger partial charge in [-0.05, 0) is 5.56 Å². The fourth-order valence-corrected chi connectivity index (χ4v) is 3.28. The van der Waals surface area contributed by atoms with Gasteiger partial charge in [-0.25, -0.2) is 4.98 Å². The number of carbonyl (C=O) groups excluding carboxylic acids is 1. The fourth-order valence-electron chi connectivity index (χ4n) is 3.28. The maximum Gasteiger partial charge on any atom is 0.190 e. The first-order chi connectivity index (χ1) is 14.1. The third-order valence-corrected chi connectivity index (χ3v) is 4.75. The Bertz CT molecular complexity index is 1050. The van der Waals surface area contributed by atoms with E-state index in [4.69, 9.17) is 15.2 Å². The van der Waals surface area contributed by atoms with Crippen LogP contribution in [0.5, 0.6) is 11.5 Å². The minimum absolute atomic E-state index is 0.103. The van der Waals surface area contributed by atoms with Crippen LogP contribution < -0.4 is 20.1 Å². The second-order valence-corrected chi connectivity index (χ2v) is 6.60. The van der Waals surface area contributed by atoms with Gasteiger partial charge in [0.25, 0.3) is 0 Å². The van der Waals surface area contributed by atoms with Crippen LogP contribution in [0.3, 0.4) is 0 Å². The highest BCUT2D eigenvalue weighted by molar-refractivity contribution is 6.25. The van der Waals surface area contributed by atoms with E-state index in [1.807, 2.05) is 30.3 Å². The SMILES string of the molecule is COc1cc(OC)cc(N2CC(=O)C(c3nc(Cc4ccccc4)n[nH]3)=C2N)c1. The van der Waals surface area contributed by atoms with Crippen LogP contribution in [-0.4, -0.2) is 41.7 Å². The third-order valence-electron chi connectivity index (χ3n) is 4.75. The number of methoxy groups -OCH3 is 2. The molecule has 8 heteroatoms. The summed E-state index contributed by atoms with van der Waals surface area (Å²) in [5, 5.41) is 7.09. The molecule has 29 heavy (non-hydrogen) atoms. The summed E-state index contributed by atoms with van der Waals surface area (Å²) < 4.78 is 10.6. The van der Waals surface area contributed by atoms with Gasteiger partial charge in [-0.3, -0.25) is 9.89 Å². The van der Waals surface area contributed by atoms with Gasteiger partial charge >= 0.3 is 0 Å². The lowest BCUT2D eigenvalue weighted by Crippen LogP contribution is -2.25. The number of aromatic nitrogens is 3. The molecule has 0 atom stereocenters. The molecule has 8 nitrogen and oxygen atoms in total. The van der Waals surface area contributed by atoms with Gasteiger partial charge in [0.15, 0.2) is 17.4 Å². The maximum absolute atomic E-state index is 12.7. The highest BCUT2D eigenvalue weighted by atomic mass is 16.5. The van der Waals surface area contributed by atoms with Crippen molar-refractivity contribution in [1.82, 2.24) is 15.2 Å². The number of benzene rings is 2. The van der Waals surface area contributed by atoms with E-state index in [-0.39, 0.29) is 12.3 Å². The molecule has 1 aromatic heterocycles. The van der Waals surface area contributed by atoms with Gasteiger partial charge in [0.05, 0.1) is 26.5 Å². The van der Waals surface area contributed by atoms with Gasteiger partial charge in [-0.2, -0.15) is 5.10 Å². The third kappa shape index (κ3) is 3.64. The fraction of sp³-hybridized carbons (Fsp3) is 0.190. The number of aromatic amines is 1. The molecule has 0 unspecified atom stereocenters. The van der Waals surface area contributed by atoms with Crippen LogP contribution in [0.1, 0.15) is 17.2 Å². The monoisotopic (exact) mass is 391 g/mol. The van der Waals surface area contributed by atoms with Crippen LogP contribution in [0.25, 0.3) is 5.57 Å². The van der Waals surface area contributed by atoms with E-state index in [0.29, 0.717) is 46.7 Å². The molecule has 148 valence electrons. The molecular formula is C21H21N5O3. The van der Waals surface area contributed by atoms with Crippen molar-refractivity contribution in [3.63, 3.8) is 0 Å². The van der Waals surface area contributed by atoms with Crippen LogP contribution in [0, 0.1) is 0 Å². The van der Waals surface area contributed by atoms with E-state index in [9.17, 15) is 4.79 Å². The van der Waals surface area contributed by atoms with Crippen LogP contribution in [0.2, 0.25) is 0 Å². The molecule has 0 radical (unpaired) electrons. The highest BCUT2D eigenvalue weighted by Crippen LogP contribution is 2.34. The van der Waals surface area contributed by atoms with E-state index in [0.717, 1.165) is 5.56 Å². The number of anilines is 1. The van der Waals surface area contributed by atoms with E-state index >= 15 is 0 Å². The molecule has 2 aromatic carbocycles. The number of hydrogen-bond donors (Lipinski definition) is 2. The van der Waals surface area contributed by atoms with Gasteiger partial charge in [-0.15, -0.1) is 0 Å². The average Bonchev–Trinajstić information content (AvgIpc) is 3.31. The molecule has 0 aliphatic carbocycles. The van der Waals surface area contributed by atoms with Gasteiger partial charge in [0, 0.05) is 24.6 Å². The smallest absolute Gasteiger partial charge is 0.190 e. The number of nitrogens with zero attached hydrogens (tertiary/aromatic N) is 3.